The van der Waals surface area contributed by atoms with Crippen molar-refractivity contribution in [3.8, 4) is 0 Å². The zero-order valence-electron chi connectivity index (χ0n) is 11.8. The van der Waals surface area contributed by atoms with Crippen molar-refractivity contribution in [2.45, 2.75) is 6.42 Å². The van der Waals surface area contributed by atoms with Crippen molar-refractivity contribution in [1.82, 2.24) is 9.97 Å². The summed E-state index contributed by atoms with van der Waals surface area (Å²) in [6.45, 7) is 0.549. The summed E-state index contributed by atoms with van der Waals surface area (Å²) < 4.78 is 0. The lowest BCUT2D eigenvalue weighted by molar-refractivity contribution is -0.384. The van der Waals surface area contributed by atoms with Crippen LogP contribution in [0, 0.1) is 10.1 Å². The van der Waals surface area contributed by atoms with Crippen molar-refractivity contribution in [2.75, 3.05) is 11.9 Å². The summed E-state index contributed by atoms with van der Waals surface area (Å²) in [6.07, 6.45) is 4.01. The van der Waals surface area contributed by atoms with Crippen molar-refractivity contribution in [1.29, 1.82) is 0 Å². The second-order valence-electron chi connectivity index (χ2n) is 4.80. The maximum atomic E-state index is 10.9. The molecule has 2 aromatic heterocycles. The molecular formula is C16H14N4O2. The Kier molecular flexibility index (Phi) is 3.91. The Balaban J connectivity index is 1.74. The van der Waals surface area contributed by atoms with E-state index >= 15 is 0 Å². The van der Waals surface area contributed by atoms with Gasteiger partial charge in [-0.25, -0.2) is 4.98 Å². The van der Waals surface area contributed by atoms with E-state index in [2.05, 4.69) is 15.3 Å². The van der Waals surface area contributed by atoms with Gasteiger partial charge in [-0.05, 0) is 24.1 Å². The maximum absolute atomic E-state index is 10.9. The predicted octanol–water partition coefficient (Wildman–Crippen LogP) is 3.19. The van der Waals surface area contributed by atoms with Gasteiger partial charge in [0.2, 0.25) is 5.82 Å². The molecule has 0 amide bonds. The number of aromatic nitrogens is 2. The highest BCUT2D eigenvalue weighted by Gasteiger charge is 2.13. The van der Waals surface area contributed by atoms with Gasteiger partial charge in [-0.2, -0.15) is 0 Å². The molecular weight excluding hydrogens is 280 g/mol. The van der Waals surface area contributed by atoms with Crippen LogP contribution in [-0.2, 0) is 6.42 Å². The fourth-order valence-electron chi connectivity index (χ4n) is 2.37. The molecule has 0 aliphatic rings. The summed E-state index contributed by atoms with van der Waals surface area (Å²) in [4.78, 5) is 18.9. The molecule has 3 aromatic rings. The van der Waals surface area contributed by atoms with Crippen LogP contribution in [0.4, 0.5) is 11.5 Å². The van der Waals surface area contributed by atoms with E-state index in [4.69, 9.17) is 0 Å². The van der Waals surface area contributed by atoms with Gasteiger partial charge < -0.3 is 5.32 Å². The van der Waals surface area contributed by atoms with Gasteiger partial charge in [-0.15, -0.1) is 0 Å². The van der Waals surface area contributed by atoms with Crippen LogP contribution in [0.1, 0.15) is 5.56 Å². The highest BCUT2D eigenvalue weighted by molar-refractivity contribution is 5.81. The van der Waals surface area contributed by atoms with Gasteiger partial charge in [0.15, 0.2) is 0 Å². The van der Waals surface area contributed by atoms with Crippen LogP contribution in [0.5, 0.6) is 0 Å². The molecule has 2 heterocycles. The number of fused-ring (bicyclic) bond motifs is 1. The Hall–Kier alpha value is -3.02. The normalized spacial score (nSPS) is 10.5. The largest absolute Gasteiger partial charge is 0.364 e. The molecule has 0 unspecified atom stereocenters. The third kappa shape index (κ3) is 2.85. The molecule has 1 N–H and O–H groups in total. The van der Waals surface area contributed by atoms with Crippen molar-refractivity contribution in [3.05, 3.63) is 70.5 Å². The smallest absolute Gasteiger partial charge is 0.311 e. The zero-order chi connectivity index (χ0) is 15.4. The van der Waals surface area contributed by atoms with E-state index in [1.807, 2.05) is 30.3 Å². The Morgan fingerprint density at radius 3 is 2.68 bits per heavy atom. The lowest BCUT2D eigenvalue weighted by Crippen LogP contribution is -2.08. The van der Waals surface area contributed by atoms with Crippen molar-refractivity contribution in [2.24, 2.45) is 0 Å². The second kappa shape index (κ2) is 6.17. The summed E-state index contributed by atoms with van der Waals surface area (Å²) in [5.74, 6) is 0.292. The summed E-state index contributed by atoms with van der Waals surface area (Å²) in [5, 5.41) is 15.1. The molecule has 0 radical (unpaired) electrons. The summed E-state index contributed by atoms with van der Waals surface area (Å²) in [5.41, 5.74) is 2.05. The van der Waals surface area contributed by atoms with E-state index in [-0.39, 0.29) is 5.69 Å². The van der Waals surface area contributed by atoms with E-state index in [1.165, 1.54) is 12.3 Å². The van der Waals surface area contributed by atoms with Crippen LogP contribution in [0.15, 0.2) is 54.9 Å². The number of anilines is 1. The van der Waals surface area contributed by atoms with Crippen LogP contribution in [0.25, 0.3) is 10.9 Å². The fourth-order valence-corrected chi connectivity index (χ4v) is 2.37. The van der Waals surface area contributed by atoms with E-state index in [9.17, 15) is 10.1 Å². The van der Waals surface area contributed by atoms with E-state index in [0.29, 0.717) is 18.8 Å². The number of hydrogen-bond acceptors (Lipinski definition) is 5. The lowest BCUT2D eigenvalue weighted by atomic mass is 10.1. The molecule has 6 nitrogen and oxygen atoms in total. The van der Waals surface area contributed by atoms with Gasteiger partial charge in [0, 0.05) is 30.4 Å². The monoisotopic (exact) mass is 294 g/mol. The first-order valence-corrected chi connectivity index (χ1v) is 6.91. The average Bonchev–Trinajstić information content (AvgIpc) is 2.55. The minimum Gasteiger partial charge on any atom is -0.364 e. The molecule has 0 saturated carbocycles. The topological polar surface area (TPSA) is 81.0 Å². The molecule has 0 saturated heterocycles. The average molecular weight is 294 g/mol. The number of pyridine rings is 2. The van der Waals surface area contributed by atoms with Crippen LogP contribution < -0.4 is 5.32 Å². The first-order valence-electron chi connectivity index (χ1n) is 6.91. The van der Waals surface area contributed by atoms with Crippen molar-refractivity contribution >= 4 is 22.4 Å². The quantitative estimate of drug-likeness (QED) is 0.577. The number of benzene rings is 1. The fraction of sp³-hybridized carbons (Fsp3) is 0.125. The SMILES string of the molecule is O=[N+]([O-])c1cccnc1NCCc1cccc2cccnc12. The van der Waals surface area contributed by atoms with Gasteiger partial charge in [0.1, 0.15) is 0 Å². The number of nitrogens with one attached hydrogen (secondary N) is 1. The number of nitrogens with zero attached hydrogens (tertiary/aromatic N) is 3. The van der Waals surface area contributed by atoms with Crippen LogP contribution in [0.3, 0.4) is 0 Å². The van der Waals surface area contributed by atoms with E-state index in [0.717, 1.165) is 16.5 Å². The van der Waals surface area contributed by atoms with Crippen LogP contribution in [-0.4, -0.2) is 21.4 Å². The molecule has 0 aliphatic carbocycles. The molecule has 0 aliphatic heterocycles. The Morgan fingerprint density at radius 2 is 1.82 bits per heavy atom. The summed E-state index contributed by atoms with van der Waals surface area (Å²) >= 11 is 0. The number of para-hydroxylation sites is 1. The number of hydrogen-bond donors (Lipinski definition) is 1. The van der Waals surface area contributed by atoms with Gasteiger partial charge in [-0.3, -0.25) is 15.1 Å². The molecule has 6 heteroatoms. The van der Waals surface area contributed by atoms with Crippen molar-refractivity contribution in [3.63, 3.8) is 0 Å². The third-order valence-electron chi connectivity index (χ3n) is 3.39. The molecule has 3 rings (SSSR count). The van der Waals surface area contributed by atoms with Crippen LogP contribution >= 0.6 is 0 Å². The van der Waals surface area contributed by atoms with Gasteiger partial charge >= 0.3 is 5.69 Å². The molecule has 1 aromatic carbocycles. The summed E-state index contributed by atoms with van der Waals surface area (Å²) in [7, 11) is 0. The summed E-state index contributed by atoms with van der Waals surface area (Å²) in [6, 6.07) is 12.9. The molecule has 0 bridgehead atoms. The van der Waals surface area contributed by atoms with Gasteiger partial charge in [-0.1, -0.05) is 24.3 Å². The minimum atomic E-state index is -0.436. The molecule has 110 valence electrons. The second-order valence-corrected chi connectivity index (χ2v) is 4.80. The Bertz CT molecular complexity index is 815. The standard InChI is InChI=1S/C16H14N4O2/c21-20(22)14-7-3-10-18-16(14)19-11-8-13-5-1-4-12-6-2-9-17-15(12)13/h1-7,9-10H,8,11H2,(H,18,19). The highest BCUT2D eigenvalue weighted by atomic mass is 16.6. The first kappa shape index (κ1) is 13.9. The van der Waals surface area contributed by atoms with Crippen LogP contribution in [0.2, 0.25) is 0 Å². The third-order valence-corrected chi connectivity index (χ3v) is 3.39. The molecule has 0 atom stereocenters. The predicted molar refractivity (Wildman–Crippen MR) is 84.8 cm³/mol. The minimum absolute atomic E-state index is 0.0152. The van der Waals surface area contributed by atoms with E-state index in [1.54, 1.807) is 12.3 Å². The highest BCUT2D eigenvalue weighted by Crippen LogP contribution is 2.21. The number of rotatable bonds is 5. The maximum Gasteiger partial charge on any atom is 0.311 e. The zero-order valence-corrected chi connectivity index (χ0v) is 11.8. The molecule has 0 fully saturated rings. The Morgan fingerprint density at radius 1 is 1.05 bits per heavy atom. The first-order chi connectivity index (χ1) is 10.8. The molecule has 0 spiro atoms. The van der Waals surface area contributed by atoms with Gasteiger partial charge in [0.05, 0.1) is 10.4 Å². The van der Waals surface area contributed by atoms with E-state index < -0.39 is 4.92 Å². The molecule has 22 heavy (non-hydrogen) atoms. The Labute approximate surface area is 127 Å². The number of nitro groups is 1. The lowest BCUT2D eigenvalue weighted by Gasteiger charge is -2.08. The van der Waals surface area contributed by atoms with Crippen molar-refractivity contribution < 1.29 is 4.92 Å². The van der Waals surface area contributed by atoms with Gasteiger partial charge in [0.25, 0.3) is 0 Å².